The lowest BCUT2D eigenvalue weighted by Gasteiger charge is -2.31. The van der Waals surface area contributed by atoms with Crippen LogP contribution in [0.3, 0.4) is 0 Å². The minimum atomic E-state index is -0.844. The Morgan fingerprint density at radius 3 is 2.60 bits per heavy atom. The molecule has 2 aliphatic heterocycles. The number of allylic oxidation sites excluding steroid dienone is 2. The van der Waals surface area contributed by atoms with Crippen molar-refractivity contribution in [3.05, 3.63) is 75.5 Å². The quantitative estimate of drug-likeness (QED) is 0.667. The fourth-order valence-corrected chi connectivity index (χ4v) is 6.01. The molecule has 3 heterocycles. The molecule has 0 unspecified atom stereocenters. The van der Waals surface area contributed by atoms with Crippen LogP contribution in [0.5, 0.6) is 0 Å². The first-order chi connectivity index (χ1) is 16.9. The van der Waals surface area contributed by atoms with Gasteiger partial charge in [-0.25, -0.2) is 4.39 Å². The van der Waals surface area contributed by atoms with Gasteiger partial charge in [0.1, 0.15) is 11.9 Å². The molecule has 35 heavy (non-hydrogen) atoms. The molecule has 7 nitrogen and oxygen atoms in total. The standard InChI is InChI=1S/C27H30FN3O4/c1-2-23(33)31-24-20(14-30-22(24)12-11-19(27(30)35)17-5-3-4-6-17)21(15-32)25(31)26(34)29-13-16-7-9-18(28)10-8-16/h5,7-12,20-21,24-25,32H,2-4,6,13-15H2,1H3,(H,29,34)/t20-,21-,24+,25-/m0/s1. The summed E-state index contributed by atoms with van der Waals surface area (Å²) in [5.74, 6) is -1.65. The van der Waals surface area contributed by atoms with Crippen molar-refractivity contribution in [2.75, 3.05) is 6.61 Å². The lowest BCUT2D eigenvalue weighted by molar-refractivity contribution is -0.141. The Labute approximate surface area is 203 Å². The summed E-state index contributed by atoms with van der Waals surface area (Å²) in [6, 6.07) is 8.31. The number of hydrogen-bond acceptors (Lipinski definition) is 4. The maximum Gasteiger partial charge on any atom is 0.258 e. The molecule has 1 saturated heterocycles. The lowest BCUT2D eigenvalue weighted by Crippen LogP contribution is -2.50. The number of hydrogen-bond donors (Lipinski definition) is 2. The summed E-state index contributed by atoms with van der Waals surface area (Å²) < 4.78 is 14.9. The maximum absolute atomic E-state index is 13.4. The summed E-state index contributed by atoms with van der Waals surface area (Å²) in [5.41, 5.74) is 3.16. The molecule has 184 valence electrons. The highest BCUT2D eigenvalue weighted by molar-refractivity contribution is 5.89. The van der Waals surface area contributed by atoms with Crippen LogP contribution in [0.1, 0.15) is 55.5 Å². The molecule has 1 aromatic heterocycles. The van der Waals surface area contributed by atoms with E-state index in [4.69, 9.17) is 0 Å². The van der Waals surface area contributed by atoms with Gasteiger partial charge in [-0.15, -0.1) is 0 Å². The molecule has 2 amide bonds. The Bertz CT molecular complexity index is 1240. The second-order valence-electron chi connectivity index (χ2n) is 9.61. The average Bonchev–Trinajstić information content (AvgIpc) is 3.59. The van der Waals surface area contributed by atoms with E-state index in [2.05, 4.69) is 11.4 Å². The van der Waals surface area contributed by atoms with Gasteiger partial charge in [0.05, 0.1) is 6.04 Å². The number of carbonyl (C=O) groups excluding carboxylic acids is 2. The predicted molar refractivity (Wildman–Crippen MR) is 129 cm³/mol. The van der Waals surface area contributed by atoms with Crippen molar-refractivity contribution in [2.45, 2.75) is 57.8 Å². The molecule has 1 aliphatic carbocycles. The van der Waals surface area contributed by atoms with Crippen molar-refractivity contribution in [2.24, 2.45) is 11.8 Å². The zero-order chi connectivity index (χ0) is 24.7. The number of benzene rings is 1. The number of aliphatic hydroxyl groups is 1. The number of fused-ring (bicyclic) bond motifs is 3. The molecule has 0 spiro atoms. The van der Waals surface area contributed by atoms with Crippen molar-refractivity contribution in [3.63, 3.8) is 0 Å². The summed E-state index contributed by atoms with van der Waals surface area (Å²) in [7, 11) is 0. The van der Waals surface area contributed by atoms with Crippen molar-refractivity contribution < 1.29 is 19.1 Å². The molecule has 5 rings (SSSR count). The zero-order valence-electron chi connectivity index (χ0n) is 19.7. The first-order valence-electron chi connectivity index (χ1n) is 12.3. The Kier molecular flexibility index (Phi) is 6.32. The highest BCUT2D eigenvalue weighted by Gasteiger charge is 2.57. The largest absolute Gasteiger partial charge is 0.396 e. The van der Waals surface area contributed by atoms with Gasteiger partial charge >= 0.3 is 0 Å². The highest BCUT2D eigenvalue weighted by Crippen LogP contribution is 2.49. The first-order valence-corrected chi connectivity index (χ1v) is 12.3. The predicted octanol–water partition coefficient (Wildman–Crippen LogP) is 2.77. The fourth-order valence-electron chi connectivity index (χ4n) is 6.01. The number of halogens is 1. The van der Waals surface area contributed by atoms with Gasteiger partial charge in [0.15, 0.2) is 0 Å². The van der Waals surface area contributed by atoms with E-state index in [0.29, 0.717) is 12.1 Å². The molecule has 1 fully saturated rings. The average molecular weight is 480 g/mol. The summed E-state index contributed by atoms with van der Waals surface area (Å²) in [5, 5.41) is 13.2. The van der Waals surface area contributed by atoms with E-state index in [0.717, 1.165) is 36.1 Å². The summed E-state index contributed by atoms with van der Waals surface area (Å²) in [6.07, 6.45) is 5.23. The Morgan fingerprint density at radius 1 is 1.17 bits per heavy atom. The van der Waals surface area contributed by atoms with E-state index < -0.39 is 18.0 Å². The van der Waals surface area contributed by atoms with Gasteiger partial charge in [-0.1, -0.05) is 25.1 Å². The molecule has 8 heteroatoms. The van der Waals surface area contributed by atoms with Gasteiger partial charge in [-0.2, -0.15) is 0 Å². The number of nitrogens with one attached hydrogen (secondary N) is 1. The zero-order valence-corrected chi connectivity index (χ0v) is 19.7. The van der Waals surface area contributed by atoms with Crippen molar-refractivity contribution in [3.8, 4) is 0 Å². The number of nitrogens with zero attached hydrogens (tertiary/aromatic N) is 2. The molecule has 0 radical (unpaired) electrons. The van der Waals surface area contributed by atoms with Crippen LogP contribution in [-0.2, 0) is 22.7 Å². The van der Waals surface area contributed by atoms with Gasteiger partial charge in [-0.05, 0) is 54.7 Å². The van der Waals surface area contributed by atoms with Crippen LogP contribution >= 0.6 is 0 Å². The van der Waals surface area contributed by atoms with Gasteiger partial charge in [0, 0.05) is 49.2 Å². The van der Waals surface area contributed by atoms with E-state index in [1.165, 1.54) is 12.1 Å². The van der Waals surface area contributed by atoms with Gasteiger partial charge in [0.2, 0.25) is 11.8 Å². The number of amides is 2. The van der Waals surface area contributed by atoms with Gasteiger partial charge in [-0.3, -0.25) is 14.4 Å². The third-order valence-electron chi connectivity index (χ3n) is 7.70. The molecule has 0 saturated carbocycles. The van der Waals surface area contributed by atoms with Crippen molar-refractivity contribution >= 4 is 17.4 Å². The van der Waals surface area contributed by atoms with Crippen molar-refractivity contribution in [1.29, 1.82) is 0 Å². The molecule has 4 atom stereocenters. The first kappa shape index (κ1) is 23.5. The molecule has 3 aliphatic rings. The lowest BCUT2D eigenvalue weighted by atomic mass is 9.88. The molecular weight excluding hydrogens is 449 g/mol. The van der Waals surface area contributed by atoms with E-state index in [1.54, 1.807) is 28.5 Å². The van der Waals surface area contributed by atoms with E-state index >= 15 is 0 Å². The van der Waals surface area contributed by atoms with E-state index in [-0.39, 0.29) is 48.7 Å². The Morgan fingerprint density at radius 2 is 1.94 bits per heavy atom. The van der Waals surface area contributed by atoms with Gasteiger partial charge in [0.25, 0.3) is 5.56 Å². The van der Waals surface area contributed by atoms with Crippen LogP contribution in [0.25, 0.3) is 5.57 Å². The monoisotopic (exact) mass is 479 g/mol. The summed E-state index contributed by atoms with van der Waals surface area (Å²) >= 11 is 0. The number of carbonyl (C=O) groups is 2. The third-order valence-corrected chi connectivity index (χ3v) is 7.70. The fraction of sp³-hybridized carbons (Fsp3) is 0.444. The molecule has 2 N–H and O–H groups in total. The van der Waals surface area contributed by atoms with Crippen LogP contribution in [-0.4, -0.2) is 39.0 Å². The SMILES string of the molecule is CCC(=O)N1[C@H](C(=O)NCc2ccc(F)cc2)[C@@H](CO)[C@@H]2Cn3c(ccc(C4=CCCC4)c3=O)[C@@H]21. The number of likely N-dealkylation sites (tertiary alicyclic amines) is 1. The van der Waals surface area contributed by atoms with Gasteiger partial charge < -0.3 is 19.9 Å². The van der Waals surface area contributed by atoms with Crippen LogP contribution in [0.2, 0.25) is 0 Å². The van der Waals surface area contributed by atoms with E-state index in [9.17, 15) is 23.9 Å². The van der Waals surface area contributed by atoms with Crippen LogP contribution < -0.4 is 10.9 Å². The minimum absolute atomic E-state index is 0.0667. The van der Waals surface area contributed by atoms with E-state index in [1.807, 2.05) is 12.1 Å². The number of aliphatic hydroxyl groups excluding tert-OH is 1. The topological polar surface area (TPSA) is 91.6 Å². The molecular formula is C27H30FN3O4. The molecule has 1 aromatic carbocycles. The number of pyridine rings is 1. The smallest absolute Gasteiger partial charge is 0.258 e. The second kappa shape index (κ2) is 9.41. The molecule has 0 bridgehead atoms. The number of rotatable bonds is 6. The Balaban J connectivity index is 1.46. The summed E-state index contributed by atoms with van der Waals surface area (Å²) in [4.78, 5) is 41.4. The number of aromatic nitrogens is 1. The van der Waals surface area contributed by atoms with Crippen LogP contribution in [0.4, 0.5) is 4.39 Å². The second-order valence-corrected chi connectivity index (χ2v) is 9.61. The van der Waals surface area contributed by atoms with Crippen LogP contribution in [0, 0.1) is 17.7 Å². The van der Waals surface area contributed by atoms with Crippen LogP contribution in [0.15, 0.2) is 47.3 Å². The highest BCUT2D eigenvalue weighted by atomic mass is 19.1. The molecule has 2 aromatic rings. The maximum atomic E-state index is 13.4. The minimum Gasteiger partial charge on any atom is -0.396 e. The Hall–Kier alpha value is -3.26. The third kappa shape index (κ3) is 3.99. The normalized spacial score (nSPS) is 24.8. The summed E-state index contributed by atoms with van der Waals surface area (Å²) in [6.45, 7) is 2.02. The van der Waals surface area contributed by atoms with Crippen molar-refractivity contribution in [1.82, 2.24) is 14.8 Å².